The number of aromatic amines is 1. The molecule has 1 amide bonds. The third-order valence-electron chi connectivity index (χ3n) is 5.98. The number of fused-ring (bicyclic) bond motifs is 3. The molecular weight excluding hydrogens is 388 g/mol. The second-order valence-electron chi connectivity index (χ2n) is 7.81. The number of ether oxygens (including phenoxy) is 1. The average molecular weight is 408 g/mol. The van der Waals surface area contributed by atoms with Gasteiger partial charge in [-0.1, -0.05) is 24.3 Å². The van der Waals surface area contributed by atoms with Gasteiger partial charge in [0.1, 0.15) is 12.3 Å². The van der Waals surface area contributed by atoms with E-state index in [1.54, 1.807) is 0 Å². The van der Waals surface area contributed by atoms with Crippen LogP contribution in [0.1, 0.15) is 16.7 Å². The van der Waals surface area contributed by atoms with Gasteiger partial charge in [-0.05, 0) is 42.3 Å². The Bertz CT molecular complexity index is 1400. The monoisotopic (exact) mass is 408 g/mol. The standard InChI is InChI=1S/C25H20N4O2/c1-14-20(13-28-25-23(14)26-8-9-31-25)15-6-7-22-18(10-15)19(24(30)29-22)11-16-12-27-21-5-3-2-4-17(16)21/h2-7,10-13,26-27H,8-9H2,1H3,(H,29,30)/b19-11-. The zero-order valence-electron chi connectivity index (χ0n) is 17.0. The van der Waals surface area contributed by atoms with Crippen LogP contribution in [0.15, 0.2) is 54.9 Å². The molecule has 2 aliphatic heterocycles. The number of hydrogen-bond acceptors (Lipinski definition) is 4. The van der Waals surface area contributed by atoms with Gasteiger partial charge < -0.3 is 20.4 Å². The van der Waals surface area contributed by atoms with Crippen LogP contribution >= 0.6 is 0 Å². The van der Waals surface area contributed by atoms with Crippen LogP contribution in [-0.2, 0) is 4.79 Å². The first-order chi connectivity index (χ1) is 15.2. The lowest BCUT2D eigenvalue weighted by molar-refractivity contribution is -0.110. The molecule has 152 valence electrons. The maximum atomic E-state index is 12.8. The molecule has 2 aromatic heterocycles. The fourth-order valence-corrected chi connectivity index (χ4v) is 4.38. The van der Waals surface area contributed by atoms with Gasteiger partial charge in [0.05, 0.1) is 0 Å². The summed E-state index contributed by atoms with van der Waals surface area (Å²) in [4.78, 5) is 20.5. The smallest absolute Gasteiger partial charge is 0.256 e. The number of para-hydroxylation sites is 1. The van der Waals surface area contributed by atoms with Crippen LogP contribution in [0, 0.1) is 6.92 Å². The Kier molecular flexibility index (Phi) is 3.86. The van der Waals surface area contributed by atoms with Crippen molar-refractivity contribution in [1.29, 1.82) is 0 Å². The van der Waals surface area contributed by atoms with Crippen LogP contribution in [0.3, 0.4) is 0 Å². The van der Waals surface area contributed by atoms with Gasteiger partial charge in [0.2, 0.25) is 5.88 Å². The van der Waals surface area contributed by atoms with E-state index in [-0.39, 0.29) is 5.91 Å². The molecule has 0 aliphatic carbocycles. The van der Waals surface area contributed by atoms with Gasteiger partial charge in [0.25, 0.3) is 5.91 Å². The molecule has 2 aromatic carbocycles. The number of carbonyl (C=O) groups is 1. The molecule has 3 N–H and O–H groups in total. The summed E-state index contributed by atoms with van der Waals surface area (Å²) in [7, 11) is 0. The lowest BCUT2D eigenvalue weighted by Gasteiger charge is -2.21. The fraction of sp³-hybridized carbons (Fsp3) is 0.120. The van der Waals surface area contributed by atoms with Crippen molar-refractivity contribution in [3.63, 3.8) is 0 Å². The van der Waals surface area contributed by atoms with Crippen molar-refractivity contribution in [3.05, 3.63) is 71.5 Å². The number of nitrogens with one attached hydrogen (secondary N) is 3. The van der Waals surface area contributed by atoms with Gasteiger partial charge >= 0.3 is 0 Å². The molecule has 6 rings (SSSR count). The molecule has 0 saturated heterocycles. The predicted molar refractivity (Wildman–Crippen MR) is 123 cm³/mol. The Labute approximate surface area is 179 Å². The number of anilines is 2. The molecule has 0 spiro atoms. The zero-order valence-corrected chi connectivity index (χ0v) is 17.0. The lowest BCUT2D eigenvalue weighted by atomic mass is 9.96. The lowest BCUT2D eigenvalue weighted by Crippen LogP contribution is -2.20. The summed E-state index contributed by atoms with van der Waals surface area (Å²) in [6, 6.07) is 14.1. The Morgan fingerprint density at radius 3 is 2.97 bits per heavy atom. The van der Waals surface area contributed by atoms with Crippen LogP contribution in [-0.4, -0.2) is 29.0 Å². The summed E-state index contributed by atoms with van der Waals surface area (Å²) in [5.74, 6) is 0.554. The summed E-state index contributed by atoms with van der Waals surface area (Å²) in [5, 5.41) is 7.46. The molecule has 6 heteroatoms. The van der Waals surface area contributed by atoms with E-state index in [1.807, 2.05) is 48.8 Å². The second-order valence-corrected chi connectivity index (χ2v) is 7.81. The van der Waals surface area contributed by atoms with Gasteiger partial charge in [-0.15, -0.1) is 0 Å². The molecule has 4 heterocycles. The van der Waals surface area contributed by atoms with E-state index in [2.05, 4.69) is 39.7 Å². The van der Waals surface area contributed by atoms with E-state index >= 15 is 0 Å². The molecule has 4 aromatic rings. The predicted octanol–water partition coefficient (Wildman–Crippen LogP) is 4.84. The Morgan fingerprint density at radius 2 is 2.03 bits per heavy atom. The maximum Gasteiger partial charge on any atom is 0.256 e. The molecular formula is C25H20N4O2. The highest BCUT2D eigenvalue weighted by atomic mass is 16.5. The highest BCUT2D eigenvalue weighted by Gasteiger charge is 2.26. The van der Waals surface area contributed by atoms with E-state index in [0.717, 1.165) is 56.6 Å². The van der Waals surface area contributed by atoms with Crippen LogP contribution in [0.4, 0.5) is 11.4 Å². The zero-order chi connectivity index (χ0) is 20.9. The number of nitrogens with zero attached hydrogens (tertiary/aromatic N) is 1. The van der Waals surface area contributed by atoms with Gasteiger partial charge in [0, 0.05) is 57.8 Å². The van der Waals surface area contributed by atoms with Crippen LogP contribution in [0.5, 0.6) is 5.88 Å². The van der Waals surface area contributed by atoms with Crippen molar-refractivity contribution in [2.75, 3.05) is 23.8 Å². The summed E-state index contributed by atoms with van der Waals surface area (Å²) in [6.07, 6.45) is 5.74. The minimum atomic E-state index is -0.0900. The highest BCUT2D eigenvalue weighted by molar-refractivity contribution is 6.35. The SMILES string of the molecule is Cc1c(-c2ccc3c(c2)/C(=C/c2c[nH]c4ccccc24)C(=O)N3)cnc2c1NCCO2. The number of benzene rings is 2. The van der Waals surface area contributed by atoms with Crippen LogP contribution in [0.25, 0.3) is 33.7 Å². The molecule has 0 fully saturated rings. The molecule has 2 aliphatic rings. The average Bonchev–Trinajstić information content (AvgIpc) is 3.35. The normalized spacial score (nSPS) is 15.9. The van der Waals surface area contributed by atoms with Gasteiger partial charge in [-0.25, -0.2) is 4.98 Å². The van der Waals surface area contributed by atoms with Gasteiger partial charge in [-0.3, -0.25) is 4.79 Å². The van der Waals surface area contributed by atoms with Crippen molar-refractivity contribution in [1.82, 2.24) is 9.97 Å². The molecule has 0 radical (unpaired) electrons. The van der Waals surface area contributed by atoms with Crippen molar-refractivity contribution >= 4 is 39.8 Å². The Hall–Kier alpha value is -4.06. The van der Waals surface area contributed by atoms with Crippen molar-refractivity contribution < 1.29 is 9.53 Å². The van der Waals surface area contributed by atoms with Crippen LogP contribution < -0.4 is 15.4 Å². The highest BCUT2D eigenvalue weighted by Crippen LogP contribution is 2.40. The van der Waals surface area contributed by atoms with Crippen molar-refractivity contribution in [2.45, 2.75) is 6.92 Å². The van der Waals surface area contributed by atoms with E-state index in [9.17, 15) is 4.79 Å². The quantitative estimate of drug-likeness (QED) is 0.415. The summed E-state index contributed by atoms with van der Waals surface area (Å²) in [5.41, 5.74) is 8.48. The Morgan fingerprint density at radius 1 is 1.13 bits per heavy atom. The van der Waals surface area contributed by atoms with E-state index in [1.165, 1.54) is 0 Å². The molecule has 0 unspecified atom stereocenters. The number of aromatic nitrogens is 2. The topological polar surface area (TPSA) is 79.0 Å². The van der Waals surface area contributed by atoms with E-state index in [0.29, 0.717) is 18.1 Å². The Balaban J connectivity index is 1.47. The number of carbonyl (C=O) groups excluding carboxylic acids is 1. The van der Waals surface area contributed by atoms with Crippen LogP contribution in [0.2, 0.25) is 0 Å². The number of H-pyrrole nitrogens is 1. The van der Waals surface area contributed by atoms with Gasteiger partial charge in [0.15, 0.2) is 0 Å². The molecule has 6 nitrogen and oxygen atoms in total. The van der Waals surface area contributed by atoms with Crippen molar-refractivity contribution in [2.24, 2.45) is 0 Å². The minimum absolute atomic E-state index is 0.0900. The summed E-state index contributed by atoms with van der Waals surface area (Å²) >= 11 is 0. The maximum absolute atomic E-state index is 12.8. The number of hydrogen-bond donors (Lipinski definition) is 3. The third kappa shape index (κ3) is 2.79. The molecule has 0 saturated carbocycles. The number of rotatable bonds is 2. The first-order valence-electron chi connectivity index (χ1n) is 10.3. The number of amides is 1. The molecule has 0 bridgehead atoms. The van der Waals surface area contributed by atoms with E-state index < -0.39 is 0 Å². The fourth-order valence-electron chi connectivity index (χ4n) is 4.38. The summed E-state index contributed by atoms with van der Waals surface area (Å²) < 4.78 is 5.65. The number of pyridine rings is 1. The van der Waals surface area contributed by atoms with Gasteiger partial charge in [-0.2, -0.15) is 0 Å². The first-order valence-corrected chi connectivity index (χ1v) is 10.3. The second kappa shape index (κ2) is 6.74. The molecule has 0 atom stereocenters. The summed E-state index contributed by atoms with van der Waals surface area (Å²) in [6.45, 7) is 3.45. The minimum Gasteiger partial charge on any atom is -0.474 e. The largest absolute Gasteiger partial charge is 0.474 e. The molecule has 31 heavy (non-hydrogen) atoms. The third-order valence-corrected chi connectivity index (χ3v) is 5.98. The van der Waals surface area contributed by atoms with E-state index in [4.69, 9.17) is 4.74 Å². The van der Waals surface area contributed by atoms with Crippen molar-refractivity contribution in [3.8, 4) is 17.0 Å². The first kappa shape index (κ1) is 17.8.